The van der Waals surface area contributed by atoms with Gasteiger partial charge in [0.2, 0.25) is 0 Å². The summed E-state index contributed by atoms with van der Waals surface area (Å²) in [6.45, 7) is 5.49. The lowest BCUT2D eigenvalue weighted by Crippen LogP contribution is -2.45. The van der Waals surface area contributed by atoms with Gasteiger partial charge in [-0.05, 0) is 18.3 Å². The van der Waals surface area contributed by atoms with Crippen molar-refractivity contribution in [3.8, 4) is 0 Å². The van der Waals surface area contributed by atoms with Crippen molar-refractivity contribution in [2.75, 3.05) is 39.5 Å². The number of hydrogen-bond donors (Lipinski definition) is 0. The van der Waals surface area contributed by atoms with Crippen LogP contribution in [0.15, 0.2) is 12.4 Å². The molecule has 0 radical (unpaired) electrons. The second kappa shape index (κ2) is 6.22. The first-order chi connectivity index (χ1) is 11.2. The SMILES string of the molecule is Cn1cc(CN2C[C@@H]3COC[C@H](C(=O)N4CCCO4)[C@@H]3C2)cn1. The van der Waals surface area contributed by atoms with E-state index in [1.807, 2.05) is 17.9 Å². The molecule has 7 heteroatoms. The quantitative estimate of drug-likeness (QED) is 0.800. The average molecular weight is 320 g/mol. The number of nitrogens with zero attached hydrogens (tertiary/aromatic N) is 4. The van der Waals surface area contributed by atoms with Gasteiger partial charge in [0.05, 0.1) is 38.5 Å². The molecule has 4 heterocycles. The molecule has 0 bridgehead atoms. The number of aromatic nitrogens is 2. The first-order valence-electron chi connectivity index (χ1n) is 8.42. The minimum Gasteiger partial charge on any atom is -0.380 e. The molecule has 0 aromatic carbocycles. The number of hydroxylamine groups is 2. The second-order valence-electron chi connectivity index (χ2n) is 6.91. The molecule has 3 saturated heterocycles. The van der Waals surface area contributed by atoms with Crippen LogP contribution in [-0.4, -0.2) is 65.1 Å². The monoisotopic (exact) mass is 320 g/mol. The van der Waals surface area contributed by atoms with Crippen molar-refractivity contribution in [3.63, 3.8) is 0 Å². The summed E-state index contributed by atoms with van der Waals surface area (Å²) in [7, 11) is 1.94. The Morgan fingerprint density at radius 3 is 3.04 bits per heavy atom. The van der Waals surface area contributed by atoms with Crippen molar-refractivity contribution in [2.24, 2.45) is 24.8 Å². The summed E-state index contributed by atoms with van der Waals surface area (Å²) in [4.78, 5) is 20.6. The van der Waals surface area contributed by atoms with Crippen molar-refractivity contribution >= 4 is 5.91 Å². The van der Waals surface area contributed by atoms with Gasteiger partial charge in [-0.25, -0.2) is 5.06 Å². The molecular weight excluding hydrogens is 296 g/mol. The Morgan fingerprint density at radius 2 is 2.30 bits per heavy atom. The Hall–Kier alpha value is -1.44. The van der Waals surface area contributed by atoms with Crippen LogP contribution >= 0.6 is 0 Å². The molecule has 3 atom stereocenters. The van der Waals surface area contributed by atoms with Gasteiger partial charge < -0.3 is 4.74 Å². The Bertz CT molecular complexity index is 569. The van der Waals surface area contributed by atoms with Gasteiger partial charge in [0.25, 0.3) is 5.91 Å². The van der Waals surface area contributed by atoms with Crippen LogP contribution < -0.4 is 0 Å². The van der Waals surface area contributed by atoms with Gasteiger partial charge in [-0.3, -0.25) is 19.2 Å². The van der Waals surface area contributed by atoms with E-state index >= 15 is 0 Å². The van der Waals surface area contributed by atoms with Crippen LogP contribution in [0.1, 0.15) is 12.0 Å². The maximum atomic E-state index is 12.7. The third-order valence-corrected chi connectivity index (χ3v) is 5.19. The third kappa shape index (κ3) is 3.00. The average Bonchev–Trinajstić information content (AvgIpc) is 3.26. The highest BCUT2D eigenvalue weighted by Gasteiger charge is 2.45. The van der Waals surface area contributed by atoms with Crippen LogP contribution in [0, 0.1) is 17.8 Å². The third-order valence-electron chi connectivity index (χ3n) is 5.19. The van der Waals surface area contributed by atoms with Gasteiger partial charge in [0, 0.05) is 38.4 Å². The van der Waals surface area contributed by atoms with Gasteiger partial charge in [-0.1, -0.05) is 0 Å². The van der Waals surface area contributed by atoms with Crippen LogP contribution in [0.25, 0.3) is 0 Å². The van der Waals surface area contributed by atoms with Crippen LogP contribution in [0.2, 0.25) is 0 Å². The zero-order valence-corrected chi connectivity index (χ0v) is 13.6. The van der Waals surface area contributed by atoms with E-state index in [4.69, 9.17) is 9.57 Å². The van der Waals surface area contributed by atoms with Crippen molar-refractivity contribution < 1.29 is 14.4 Å². The number of aryl methyl sites for hydroxylation is 1. The molecular formula is C16H24N4O3. The number of likely N-dealkylation sites (tertiary alicyclic amines) is 1. The fourth-order valence-electron chi connectivity index (χ4n) is 4.09. The van der Waals surface area contributed by atoms with Gasteiger partial charge in [-0.2, -0.15) is 5.10 Å². The van der Waals surface area contributed by atoms with E-state index in [1.54, 1.807) is 5.06 Å². The number of carbonyl (C=O) groups is 1. The summed E-state index contributed by atoms with van der Waals surface area (Å²) in [6.07, 6.45) is 4.90. The minimum absolute atomic E-state index is 0.0641. The number of ether oxygens (including phenoxy) is 1. The molecule has 1 aromatic heterocycles. The maximum Gasteiger partial charge on any atom is 0.251 e. The summed E-state index contributed by atoms with van der Waals surface area (Å²) in [5, 5.41) is 5.79. The molecule has 0 N–H and O–H groups in total. The smallest absolute Gasteiger partial charge is 0.251 e. The first kappa shape index (κ1) is 15.1. The molecule has 7 nitrogen and oxygen atoms in total. The van der Waals surface area contributed by atoms with Gasteiger partial charge in [0.1, 0.15) is 0 Å². The predicted octanol–water partition coefficient (Wildman–Crippen LogP) is 0.278. The van der Waals surface area contributed by atoms with Crippen molar-refractivity contribution in [2.45, 2.75) is 13.0 Å². The Labute approximate surface area is 136 Å². The zero-order chi connectivity index (χ0) is 15.8. The number of hydrogen-bond acceptors (Lipinski definition) is 5. The number of rotatable bonds is 3. The van der Waals surface area contributed by atoms with Crippen LogP contribution in [-0.2, 0) is 28.0 Å². The minimum atomic E-state index is -0.0641. The predicted molar refractivity (Wildman–Crippen MR) is 82.1 cm³/mol. The van der Waals surface area contributed by atoms with E-state index in [1.165, 1.54) is 5.56 Å². The van der Waals surface area contributed by atoms with E-state index in [-0.39, 0.29) is 11.8 Å². The molecule has 126 valence electrons. The molecule has 0 aliphatic carbocycles. The lowest BCUT2D eigenvalue weighted by atomic mass is 9.82. The molecule has 23 heavy (non-hydrogen) atoms. The summed E-state index contributed by atoms with van der Waals surface area (Å²) >= 11 is 0. The van der Waals surface area contributed by atoms with Gasteiger partial charge >= 0.3 is 0 Å². The fourth-order valence-corrected chi connectivity index (χ4v) is 4.09. The Morgan fingerprint density at radius 1 is 1.39 bits per heavy atom. The molecule has 0 unspecified atom stereocenters. The van der Waals surface area contributed by atoms with Crippen LogP contribution in [0.5, 0.6) is 0 Å². The van der Waals surface area contributed by atoms with Crippen molar-refractivity contribution in [1.29, 1.82) is 0 Å². The molecule has 3 aliphatic rings. The number of amides is 1. The number of carbonyl (C=O) groups excluding carboxylic acids is 1. The maximum absolute atomic E-state index is 12.7. The molecule has 1 amide bonds. The Kier molecular flexibility index (Phi) is 4.09. The van der Waals surface area contributed by atoms with Gasteiger partial charge in [0.15, 0.2) is 0 Å². The highest BCUT2D eigenvalue weighted by atomic mass is 16.7. The summed E-state index contributed by atoms with van der Waals surface area (Å²) in [5.41, 5.74) is 1.22. The summed E-state index contributed by atoms with van der Waals surface area (Å²) in [5.74, 6) is 0.861. The fraction of sp³-hybridized carbons (Fsp3) is 0.750. The molecule has 3 fully saturated rings. The first-order valence-corrected chi connectivity index (χ1v) is 8.42. The Balaban J connectivity index is 1.42. The van der Waals surface area contributed by atoms with Crippen LogP contribution in [0.4, 0.5) is 0 Å². The van der Waals surface area contributed by atoms with E-state index < -0.39 is 0 Å². The summed E-state index contributed by atoms with van der Waals surface area (Å²) in [6, 6.07) is 0. The van der Waals surface area contributed by atoms with Gasteiger partial charge in [-0.15, -0.1) is 0 Å². The molecule has 4 rings (SSSR count). The normalized spacial score (nSPS) is 31.5. The molecule has 1 aromatic rings. The van der Waals surface area contributed by atoms with Crippen molar-refractivity contribution in [1.82, 2.24) is 19.7 Å². The van der Waals surface area contributed by atoms with E-state index in [0.717, 1.165) is 32.7 Å². The zero-order valence-electron chi connectivity index (χ0n) is 13.6. The topological polar surface area (TPSA) is 59.8 Å². The second-order valence-corrected chi connectivity index (χ2v) is 6.91. The van der Waals surface area contributed by atoms with E-state index in [2.05, 4.69) is 16.2 Å². The largest absolute Gasteiger partial charge is 0.380 e. The van der Waals surface area contributed by atoms with E-state index in [9.17, 15) is 4.79 Å². The molecule has 3 aliphatic heterocycles. The highest BCUT2D eigenvalue weighted by Crippen LogP contribution is 2.36. The highest BCUT2D eigenvalue weighted by molar-refractivity contribution is 5.78. The van der Waals surface area contributed by atoms with Crippen LogP contribution in [0.3, 0.4) is 0 Å². The molecule has 0 saturated carbocycles. The number of fused-ring (bicyclic) bond motifs is 1. The van der Waals surface area contributed by atoms with Crippen molar-refractivity contribution in [3.05, 3.63) is 18.0 Å². The lowest BCUT2D eigenvalue weighted by molar-refractivity contribution is -0.181. The molecule has 0 spiro atoms. The summed E-state index contributed by atoms with van der Waals surface area (Å²) < 4.78 is 7.57. The standard InChI is InChI=1S/C16H24N4O3/c1-18-6-12(5-17-18)7-19-8-13-10-22-11-15(14(13)9-19)16(21)20-3-2-4-23-20/h5-6,13-15H,2-4,7-11H2,1H3/t13-,14-,15+/m1/s1. The lowest BCUT2D eigenvalue weighted by Gasteiger charge is -2.33. The van der Waals surface area contributed by atoms with E-state index in [0.29, 0.717) is 31.6 Å².